The number of aromatic hydroxyl groups is 1. The molecule has 0 radical (unpaired) electrons. The molecule has 0 aliphatic heterocycles. The first-order chi connectivity index (χ1) is 5.65. The number of alkyl halides is 1. The Balaban J connectivity index is 3.04. The molecule has 1 N–H and O–H groups in total. The summed E-state index contributed by atoms with van der Waals surface area (Å²) < 4.78 is 0. The highest BCUT2D eigenvalue weighted by atomic mass is 79.9. The molecule has 0 saturated carbocycles. The number of benzene rings is 1. The lowest BCUT2D eigenvalue weighted by Gasteiger charge is -2.10. The standard InChI is InChI=1S/C10H13BrO/c1-7-3-4-10(12)9(5-7)8(2)6-11/h3-5,8,12H,6H2,1-2H3. The molecule has 0 aromatic heterocycles. The van der Waals surface area contributed by atoms with E-state index >= 15 is 0 Å². The maximum atomic E-state index is 9.52. The molecule has 12 heavy (non-hydrogen) atoms. The van der Waals surface area contributed by atoms with E-state index in [2.05, 4.69) is 22.9 Å². The van der Waals surface area contributed by atoms with Crippen LogP contribution in [0, 0.1) is 6.92 Å². The molecule has 66 valence electrons. The molecule has 2 heteroatoms. The second-order valence-electron chi connectivity index (χ2n) is 3.12. The van der Waals surface area contributed by atoms with Gasteiger partial charge in [0.25, 0.3) is 0 Å². The lowest BCUT2D eigenvalue weighted by molar-refractivity contribution is 0.465. The van der Waals surface area contributed by atoms with Crippen molar-refractivity contribution in [3.63, 3.8) is 0 Å². The van der Waals surface area contributed by atoms with Gasteiger partial charge in [-0.2, -0.15) is 0 Å². The number of phenolic OH excluding ortho intramolecular Hbond substituents is 1. The van der Waals surface area contributed by atoms with E-state index in [0.29, 0.717) is 11.7 Å². The van der Waals surface area contributed by atoms with Crippen LogP contribution in [0.4, 0.5) is 0 Å². The van der Waals surface area contributed by atoms with Gasteiger partial charge in [0.2, 0.25) is 0 Å². The molecule has 0 bridgehead atoms. The Morgan fingerprint density at radius 2 is 2.17 bits per heavy atom. The van der Waals surface area contributed by atoms with Crippen molar-refractivity contribution in [3.05, 3.63) is 29.3 Å². The quantitative estimate of drug-likeness (QED) is 0.772. The van der Waals surface area contributed by atoms with Crippen LogP contribution in [0.25, 0.3) is 0 Å². The fourth-order valence-electron chi connectivity index (χ4n) is 1.15. The van der Waals surface area contributed by atoms with Crippen LogP contribution in [0.2, 0.25) is 0 Å². The molecule has 1 aromatic rings. The maximum absolute atomic E-state index is 9.52. The predicted octanol–water partition coefficient (Wildman–Crippen LogP) is 3.20. The fraction of sp³-hybridized carbons (Fsp3) is 0.400. The van der Waals surface area contributed by atoms with Gasteiger partial charge < -0.3 is 5.11 Å². The highest BCUT2D eigenvalue weighted by Gasteiger charge is 2.08. The summed E-state index contributed by atoms with van der Waals surface area (Å²) in [5, 5.41) is 10.4. The zero-order valence-electron chi connectivity index (χ0n) is 7.34. The van der Waals surface area contributed by atoms with Crippen molar-refractivity contribution in [1.82, 2.24) is 0 Å². The van der Waals surface area contributed by atoms with Crippen LogP contribution < -0.4 is 0 Å². The van der Waals surface area contributed by atoms with Gasteiger partial charge >= 0.3 is 0 Å². The fourth-order valence-corrected chi connectivity index (χ4v) is 1.50. The zero-order valence-corrected chi connectivity index (χ0v) is 8.93. The molecule has 0 fully saturated rings. The molecule has 0 spiro atoms. The minimum atomic E-state index is 0.366. The van der Waals surface area contributed by atoms with Crippen LogP contribution in [0.5, 0.6) is 5.75 Å². The van der Waals surface area contributed by atoms with E-state index in [1.165, 1.54) is 5.56 Å². The van der Waals surface area contributed by atoms with Crippen molar-refractivity contribution in [2.45, 2.75) is 19.8 Å². The first-order valence-corrected chi connectivity index (χ1v) is 5.12. The summed E-state index contributed by atoms with van der Waals surface area (Å²) in [6.45, 7) is 4.12. The van der Waals surface area contributed by atoms with Gasteiger partial charge in [-0.3, -0.25) is 0 Å². The number of aryl methyl sites for hydroxylation is 1. The van der Waals surface area contributed by atoms with Gasteiger partial charge in [0, 0.05) is 5.33 Å². The summed E-state index contributed by atoms with van der Waals surface area (Å²) in [4.78, 5) is 0. The van der Waals surface area contributed by atoms with Gasteiger partial charge in [-0.15, -0.1) is 0 Å². The van der Waals surface area contributed by atoms with Crippen molar-refractivity contribution in [3.8, 4) is 5.75 Å². The van der Waals surface area contributed by atoms with Crippen molar-refractivity contribution in [2.75, 3.05) is 5.33 Å². The van der Waals surface area contributed by atoms with E-state index in [4.69, 9.17) is 0 Å². The number of hydrogen-bond acceptors (Lipinski definition) is 1. The Hall–Kier alpha value is -0.500. The summed E-state index contributed by atoms with van der Waals surface area (Å²) in [5.74, 6) is 0.762. The van der Waals surface area contributed by atoms with Crippen molar-refractivity contribution in [1.29, 1.82) is 0 Å². The van der Waals surface area contributed by atoms with Crippen LogP contribution in [0.15, 0.2) is 18.2 Å². The normalized spacial score (nSPS) is 12.9. The maximum Gasteiger partial charge on any atom is 0.119 e. The van der Waals surface area contributed by atoms with E-state index in [0.717, 1.165) is 10.9 Å². The third-order valence-electron chi connectivity index (χ3n) is 1.95. The zero-order chi connectivity index (χ0) is 9.14. The molecule has 1 aromatic carbocycles. The molecule has 1 unspecified atom stereocenters. The van der Waals surface area contributed by atoms with Gasteiger partial charge in [-0.05, 0) is 24.5 Å². The number of rotatable bonds is 2. The van der Waals surface area contributed by atoms with Crippen molar-refractivity contribution in [2.24, 2.45) is 0 Å². The highest BCUT2D eigenvalue weighted by Crippen LogP contribution is 2.27. The summed E-state index contributed by atoms with van der Waals surface area (Å²) in [5.41, 5.74) is 2.21. The molecule has 1 nitrogen and oxygen atoms in total. The van der Waals surface area contributed by atoms with Gasteiger partial charge in [-0.1, -0.05) is 40.5 Å². The van der Waals surface area contributed by atoms with Gasteiger partial charge in [-0.25, -0.2) is 0 Å². The van der Waals surface area contributed by atoms with E-state index in [9.17, 15) is 5.11 Å². The summed E-state index contributed by atoms with van der Waals surface area (Å²) in [6, 6.07) is 5.70. The largest absolute Gasteiger partial charge is 0.508 e. The van der Waals surface area contributed by atoms with Crippen LogP contribution >= 0.6 is 15.9 Å². The summed E-state index contributed by atoms with van der Waals surface area (Å²) in [6.07, 6.45) is 0. The van der Waals surface area contributed by atoms with E-state index in [-0.39, 0.29) is 0 Å². The minimum Gasteiger partial charge on any atom is -0.508 e. The molecule has 1 atom stereocenters. The number of hydrogen-bond donors (Lipinski definition) is 1. The van der Waals surface area contributed by atoms with Gasteiger partial charge in [0.15, 0.2) is 0 Å². The van der Waals surface area contributed by atoms with Gasteiger partial charge in [0.05, 0.1) is 0 Å². The molecule has 0 aliphatic rings. The first-order valence-electron chi connectivity index (χ1n) is 4.00. The molecule has 0 saturated heterocycles. The summed E-state index contributed by atoms with van der Waals surface area (Å²) in [7, 11) is 0. The lowest BCUT2D eigenvalue weighted by atomic mass is 10.0. The Labute approximate surface area is 81.6 Å². The number of halogens is 1. The van der Waals surface area contributed by atoms with Crippen LogP contribution in [0.1, 0.15) is 24.0 Å². The van der Waals surface area contributed by atoms with Crippen LogP contribution in [-0.4, -0.2) is 10.4 Å². The molecular weight excluding hydrogens is 216 g/mol. The average Bonchev–Trinajstić information content (AvgIpc) is 2.08. The highest BCUT2D eigenvalue weighted by molar-refractivity contribution is 9.09. The second kappa shape index (κ2) is 3.94. The van der Waals surface area contributed by atoms with E-state index < -0.39 is 0 Å². The third-order valence-corrected chi connectivity index (χ3v) is 2.92. The molecule has 0 amide bonds. The lowest BCUT2D eigenvalue weighted by Crippen LogP contribution is -1.95. The Bertz CT molecular complexity index is 271. The Kier molecular flexibility index (Phi) is 3.15. The Morgan fingerprint density at radius 3 is 2.75 bits per heavy atom. The van der Waals surface area contributed by atoms with Gasteiger partial charge in [0.1, 0.15) is 5.75 Å². The summed E-state index contributed by atoms with van der Waals surface area (Å²) >= 11 is 3.40. The minimum absolute atomic E-state index is 0.366. The van der Waals surface area contributed by atoms with Crippen molar-refractivity contribution < 1.29 is 5.11 Å². The molecule has 1 rings (SSSR count). The SMILES string of the molecule is Cc1ccc(O)c(C(C)CBr)c1. The Morgan fingerprint density at radius 1 is 1.50 bits per heavy atom. The van der Waals surface area contributed by atoms with E-state index in [1.807, 2.05) is 19.1 Å². The monoisotopic (exact) mass is 228 g/mol. The smallest absolute Gasteiger partial charge is 0.119 e. The van der Waals surface area contributed by atoms with Crippen LogP contribution in [0.3, 0.4) is 0 Å². The first kappa shape index (κ1) is 9.59. The van der Waals surface area contributed by atoms with Crippen molar-refractivity contribution >= 4 is 15.9 Å². The molecule has 0 heterocycles. The topological polar surface area (TPSA) is 20.2 Å². The van der Waals surface area contributed by atoms with Crippen LogP contribution in [-0.2, 0) is 0 Å². The van der Waals surface area contributed by atoms with E-state index in [1.54, 1.807) is 6.07 Å². The second-order valence-corrected chi connectivity index (χ2v) is 3.77. The third kappa shape index (κ3) is 2.01. The predicted molar refractivity (Wildman–Crippen MR) is 55.1 cm³/mol. The number of phenols is 1. The molecule has 0 aliphatic carbocycles. The average molecular weight is 229 g/mol. The molecular formula is C10H13BrO.